The molecule has 25 heavy (non-hydrogen) atoms. The molecule has 0 aliphatic rings. The highest BCUT2D eigenvalue weighted by Crippen LogP contribution is 2.17. The summed E-state index contributed by atoms with van der Waals surface area (Å²) in [5.74, 6) is 0.928. The minimum atomic E-state index is -0.538. The first-order valence-electron chi connectivity index (χ1n) is 7.37. The van der Waals surface area contributed by atoms with Crippen molar-refractivity contribution in [3.05, 3.63) is 65.2 Å². The predicted molar refractivity (Wildman–Crippen MR) is 93.3 cm³/mol. The monoisotopic (exact) mass is 336 g/mol. The standard InChI is InChI=1S/C19H16N2O4/c1-3-11-20-18(23)15-9-4-5-10-16(15)21-17(22)13-7-6-8-14(12-13)19(24)25-2/h1,4-10,12H,11H2,2H3,(H,20,23)(H,21,22). The van der Waals surface area contributed by atoms with Crippen LogP contribution in [0.3, 0.4) is 0 Å². The fraction of sp³-hybridized carbons (Fsp3) is 0.105. The number of ether oxygens (including phenoxy) is 1. The van der Waals surface area contributed by atoms with Crippen LogP contribution < -0.4 is 10.6 Å². The molecule has 126 valence electrons. The highest BCUT2D eigenvalue weighted by atomic mass is 16.5. The molecule has 0 aliphatic heterocycles. The largest absolute Gasteiger partial charge is 0.465 e. The molecule has 0 saturated carbocycles. The minimum absolute atomic E-state index is 0.0856. The third-order valence-electron chi connectivity index (χ3n) is 3.32. The first-order valence-corrected chi connectivity index (χ1v) is 7.37. The van der Waals surface area contributed by atoms with Crippen LogP contribution in [0.4, 0.5) is 5.69 Å². The van der Waals surface area contributed by atoms with E-state index in [1.54, 1.807) is 42.5 Å². The van der Waals surface area contributed by atoms with Gasteiger partial charge < -0.3 is 15.4 Å². The number of benzene rings is 2. The quantitative estimate of drug-likeness (QED) is 0.647. The molecule has 0 unspecified atom stereocenters. The van der Waals surface area contributed by atoms with E-state index in [0.717, 1.165) is 0 Å². The molecule has 0 fully saturated rings. The summed E-state index contributed by atoms with van der Waals surface area (Å²) < 4.78 is 4.64. The lowest BCUT2D eigenvalue weighted by Gasteiger charge is -2.11. The van der Waals surface area contributed by atoms with E-state index < -0.39 is 17.8 Å². The predicted octanol–water partition coefficient (Wildman–Crippen LogP) is 2.09. The molecule has 2 N–H and O–H groups in total. The average Bonchev–Trinajstić information content (AvgIpc) is 2.65. The van der Waals surface area contributed by atoms with Crippen LogP contribution in [-0.2, 0) is 4.74 Å². The van der Waals surface area contributed by atoms with Crippen molar-refractivity contribution in [3.63, 3.8) is 0 Å². The van der Waals surface area contributed by atoms with Crippen molar-refractivity contribution in [1.29, 1.82) is 0 Å². The number of amides is 2. The summed E-state index contributed by atoms with van der Waals surface area (Å²) >= 11 is 0. The fourth-order valence-corrected chi connectivity index (χ4v) is 2.12. The molecular weight excluding hydrogens is 320 g/mol. The Bertz CT molecular complexity index is 852. The lowest BCUT2D eigenvalue weighted by atomic mass is 10.1. The Balaban J connectivity index is 2.23. The highest BCUT2D eigenvalue weighted by Gasteiger charge is 2.15. The smallest absolute Gasteiger partial charge is 0.337 e. The molecule has 2 rings (SSSR count). The molecule has 2 amide bonds. The zero-order valence-corrected chi connectivity index (χ0v) is 13.5. The topological polar surface area (TPSA) is 84.5 Å². The van der Waals surface area contributed by atoms with Gasteiger partial charge in [-0.25, -0.2) is 4.79 Å². The van der Waals surface area contributed by atoms with Crippen LogP contribution in [0.5, 0.6) is 0 Å². The van der Waals surface area contributed by atoms with Gasteiger partial charge in [-0.2, -0.15) is 0 Å². The van der Waals surface area contributed by atoms with Crippen LogP contribution >= 0.6 is 0 Å². The molecule has 0 saturated heterocycles. The lowest BCUT2D eigenvalue weighted by Crippen LogP contribution is -2.25. The Morgan fingerprint density at radius 2 is 1.76 bits per heavy atom. The van der Waals surface area contributed by atoms with Gasteiger partial charge in [-0.15, -0.1) is 6.42 Å². The highest BCUT2D eigenvalue weighted by molar-refractivity contribution is 6.09. The van der Waals surface area contributed by atoms with E-state index in [2.05, 4.69) is 21.3 Å². The number of anilines is 1. The Kier molecular flexibility index (Phi) is 5.91. The minimum Gasteiger partial charge on any atom is -0.465 e. The van der Waals surface area contributed by atoms with E-state index in [4.69, 9.17) is 6.42 Å². The van der Waals surface area contributed by atoms with Gasteiger partial charge in [0.25, 0.3) is 11.8 Å². The molecule has 6 nitrogen and oxygen atoms in total. The Morgan fingerprint density at radius 1 is 1.04 bits per heavy atom. The summed E-state index contributed by atoms with van der Waals surface area (Å²) in [6, 6.07) is 12.7. The second-order valence-corrected chi connectivity index (χ2v) is 4.96. The van der Waals surface area contributed by atoms with E-state index in [9.17, 15) is 14.4 Å². The van der Waals surface area contributed by atoms with Crippen molar-refractivity contribution in [3.8, 4) is 12.3 Å². The van der Waals surface area contributed by atoms with Gasteiger partial charge in [0.15, 0.2) is 0 Å². The summed E-state index contributed by atoms with van der Waals surface area (Å²) in [5.41, 5.74) is 1.15. The van der Waals surface area contributed by atoms with E-state index in [-0.39, 0.29) is 23.2 Å². The number of nitrogens with one attached hydrogen (secondary N) is 2. The van der Waals surface area contributed by atoms with Crippen LogP contribution in [0.25, 0.3) is 0 Å². The van der Waals surface area contributed by atoms with Crippen LogP contribution in [0.15, 0.2) is 48.5 Å². The number of rotatable bonds is 5. The van der Waals surface area contributed by atoms with Crippen molar-refractivity contribution < 1.29 is 19.1 Å². The second-order valence-electron chi connectivity index (χ2n) is 4.96. The molecule has 0 aliphatic carbocycles. The molecular formula is C19H16N2O4. The van der Waals surface area contributed by atoms with Crippen LogP contribution in [0.1, 0.15) is 31.1 Å². The Labute approximate surface area is 145 Å². The molecule has 0 bridgehead atoms. The van der Waals surface area contributed by atoms with E-state index in [1.807, 2.05) is 0 Å². The number of carbonyl (C=O) groups is 3. The second kappa shape index (κ2) is 8.31. The van der Waals surface area contributed by atoms with Gasteiger partial charge >= 0.3 is 5.97 Å². The Morgan fingerprint density at radius 3 is 2.48 bits per heavy atom. The third kappa shape index (κ3) is 4.45. The number of para-hydroxylation sites is 1. The average molecular weight is 336 g/mol. The number of methoxy groups -OCH3 is 1. The molecule has 0 radical (unpaired) electrons. The molecule has 2 aromatic carbocycles. The number of hydrogen-bond acceptors (Lipinski definition) is 4. The van der Waals surface area contributed by atoms with Crippen LogP contribution in [0.2, 0.25) is 0 Å². The summed E-state index contributed by atoms with van der Waals surface area (Å²) in [5, 5.41) is 5.21. The Hall–Kier alpha value is -3.59. The molecule has 0 spiro atoms. The van der Waals surface area contributed by atoms with E-state index in [1.165, 1.54) is 13.2 Å². The van der Waals surface area contributed by atoms with Gasteiger partial charge in [-0.3, -0.25) is 9.59 Å². The van der Waals surface area contributed by atoms with Gasteiger partial charge in [0, 0.05) is 5.56 Å². The van der Waals surface area contributed by atoms with Crippen molar-refractivity contribution in [1.82, 2.24) is 5.32 Å². The van der Waals surface area contributed by atoms with Crippen molar-refractivity contribution >= 4 is 23.5 Å². The maximum absolute atomic E-state index is 12.4. The molecule has 0 aromatic heterocycles. The zero-order valence-electron chi connectivity index (χ0n) is 13.5. The van der Waals surface area contributed by atoms with Gasteiger partial charge in [0.1, 0.15) is 0 Å². The number of hydrogen-bond donors (Lipinski definition) is 2. The van der Waals surface area contributed by atoms with Gasteiger partial charge in [0.2, 0.25) is 0 Å². The van der Waals surface area contributed by atoms with E-state index >= 15 is 0 Å². The van der Waals surface area contributed by atoms with Crippen LogP contribution in [-0.4, -0.2) is 31.4 Å². The summed E-state index contributed by atoms with van der Waals surface area (Å²) in [4.78, 5) is 36.1. The fourth-order valence-electron chi connectivity index (χ4n) is 2.12. The molecule has 0 heterocycles. The lowest BCUT2D eigenvalue weighted by molar-refractivity contribution is 0.0600. The van der Waals surface area contributed by atoms with Crippen LogP contribution in [0, 0.1) is 12.3 Å². The summed E-state index contributed by atoms with van der Waals surface area (Å²) in [7, 11) is 1.26. The summed E-state index contributed by atoms with van der Waals surface area (Å²) in [6.45, 7) is 0.0856. The number of esters is 1. The number of terminal acetylenes is 1. The normalized spacial score (nSPS) is 9.60. The zero-order chi connectivity index (χ0) is 18.2. The number of carbonyl (C=O) groups excluding carboxylic acids is 3. The maximum Gasteiger partial charge on any atom is 0.337 e. The molecule has 0 atom stereocenters. The molecule has 2 aromatic rings. The maximum atomic E-state index is 12.4. The van der Waals surface area contributed by atoms with Gasteiger partial charge in [-0.1, -0.05) is 24.1 Å². The van der Waals surface area contributed by atoms with E-state index in [0.29, 0.717) is 5.69 Å². The first-order chi connectivity index (χ1) is 12.1. The van der Waals surface area contributed by atoms with Crippen molar-refractivity contribution in [2.45, 2.75) is 0 Å². The van der Waals surface area contributed by atoms with Crippen molar-refractivity contribution in [2.75, 3.05) is 19.0 Å². The first kappa shape index (κ1) is 17.8. The van der Waals surface area contributed by atoms with Gasteiger partial charge in [-0.05, 0) is 30.3 Å². The molecule has 6 heteroatoms. The SMILES string of the molecule is C#CCNC(=O)c1ccccc1NC(=O)c1cccc(C(=O)OC)c1. The third-order valence-corrected chi connectivity index (χ3v) is 3.32. The van der Waals surface area contributed by atoms with Crippen molar-refractivity contribution in [2.24, 2.45) is 0 Å². The van der Waals surface area contributed by atoms with Gasteiger partial charge in [0.05, 0.1) is 30.5 Å². The summed E-state index contributed by atoms with van der Waals surface area (Å²) in [6.07, 6.45) is 5.13.